The molecule has 1 N–H and O–H groups in total. The average molecular weight is 242 g/mol. The van der Waals surface area contributed by atoms with E-state index >= 15 is 0 Å². The van der Waals surface area contributed by atoms with Crippen LogP contribution in [0.4, 0.5) is 0 Å². The molecule has 1 aliphatic rings. The number of ketones is 1. The fraction of sp³-hybridized carbons (Fsp3) is 0.267. The molecule has 2 aromatic rings. The van der Waals surface area contributed by atoms with E-state index in [-0.39, 0.29) is 17.5 Å². The number of hydrogen-bond donors (Lipinski definition) is 1. The van der Waals surface area contributed by atoms with Gasteiger partial charge in [-0.1, -0.05) is 19.9 Å². The molecule has 0 fully saturated rings. The van der Waals surface area contributed by atoms with Crippen molar-refractivity contribution in [3.05, 3.63) is 40.8 Å². The van der Waals surface area contributed by atoms with E-state index in [0.29, 0.717) is 16.7 Å². The SMILES string of the molecule is Cc1cc2c3c(coc3c1)C(=O)C(O)=C2C(C)C. The average Bonchev–Trinajstić information content (AvgIpc) is 2.69. The second-order valence-electron chi connectivity index (χ2n) is 5.08. The van der Waals surface area contributed by atoms with E-state index in [2.05, 4.69) is 0 Å². The van der Waals surface area contributed by atoms with E-state index in [4.69, 9.17) is 4.42 Å². The zero-order chi connectivity index (χ0) is 13.0. The Morgan fingerprint density at radius 3 is 2.61 bits per heavy atom. The molecule has 0 aliphatic heterocycles. The normalized spacial score (nSPS) is 15.0. The van der Waals surface area contributed by atoms with E-state index in [9.17, 15) is 9.90 Å². The van der Waals surface area contributed by atoms with Crippen LogP contribution in [-0.4, -0.2) is 10.9 Å². The number of Topliss-reactive ketones (excluding diaryl/α,β-unsaturated/α-hetero) is 1. The van der Waals surface area contributed by atoms with Gasteiger partial charge in [0, 0.05) is 11.0 Å². The van der Waals surface area contributed by atoms with E-state index in [1.807, 2.05) is 32.9 Å². The maximum atomic E-state index is 12.1. The van der Waals surface area contributed by atoms with Crippen LogP contribution in [0, 0.1) is 12.8 Å². The molecule has 0 saturated carbocycles. The number of furan rings is 1. The summed E-state index contributed by atoms with van der Waals surface area (Å²) in [5, 5.41) is 10.9. The molecule has 0 atom stereocenters. The molecule has 3 rings (SSSR count). The van der Waals surface area contributed by atoms with Gasteiger partial charge in [0.15, 0.2) is 5.76 Å². The lowest BCUT2D eigenvalue weighted by Gasteiger charge is -2.19. The van der Waals surface area contributed by atoms with Crippen LogP contribution in [0.5, 0.6) is 0 Å². The summed E-state index contributed by atoms with van der Waals surface area (Å²) in [6.45, 7) is 5.92. The first kappa shape index (κ1) is 11.1. The molecule has 0 unspecified atom stereocenters. The first-order valence-electron chi connectivity index (χ1n) is 6.00. The Morgan fingerprint density at radius 2 is 1.94 bits per heavy atom. The second kappa shape index (κ2) is 3.48. The highest BCUT2D eigenvalue weighted by atomic mass is 16.3. The molecule has 1 heterocycles. The predicted molar refractivity (Wildman–Crippen MR) is 69.7 cm³/mol. The van der Waals surface area contributed by atoms with Crippen molar-refractivity contribution in [2.45, 2.75) is 20.8 Å². The number of rotatable bonds is 1. The van der Waals surface area contributed by atoms with Gasteiger partial charge in [0.2, 0.25) is 5.78 Å². The van der Waals surface area contributed by atoms with Crippen molar-refractivity contribution < 1.29 is 14.3 Å². The number of aliphatic hydroxyl groups is 1. The highest BCUT2D eigenvalue weighted by Gasteiger charge is 2.31. The first-order valence-corrected chi connectivity index (χ1v) is 6.00. The smallest absolute Gasteiger partial charge is 0.231 e. The number of hydrogen-bond acceptors (Lipinski definition) is 3. The second-order valence-corrected chi connectivity index (χ2v) is 5.08. The summed E-state index contributed by atoms with van der Waals surface area (Å²) < 4.78 is 5.43. The summed E-state index contributed by atoms with van der Waals surface area (Å²) in [5.41, 5.74) is 3.85. The number of carbonyl (C=O) groups is 1. The molecule has 0 saturated heterocycles. The minimum atomic E-state index is -0.339. The molecular weight excluding hydrogens is 228 g/mol. The number of aliphatic hydroxyl groups excluding tert-OH is 1. The molecule has 1 aromatic carbocycles. The third kappa shape index (κ3) is 1.27. The summed E-state index contributed by atoms with van der Waals surface area (Å²) in [5.74, 6) is -0.401. The zero-order valence-electron chi connectivity index (χ0n) is 10.6. The van der Waals surface area contributed by atoms with Crippen molar-refractivity contribution in [1.82, 2.24) is 0 Å². The quantitative estimate of drug-likeness (QED) is 0.826. The molecule has 1 aliphatic carbocycles. The zero-order valence-corrected chi connectivity index (χ0v) is 10.6. The predicted octanol–water partition coefficient (Wildman–Crippen LogP) is 3.86. The number of carbonyl (C=O) groups excluding carboxylic acids is 1. The lowest BCUT2D eigenvalue weighted by molar-refractivity contribution is 0.0978. The van der Waals surface area contributed by atoms with Crippen LogP contribution >= 0.6 is 0 Å². The van der Waals surface area contributed by atoms with Crippen LogP contribution in [0.2, 0.25) is 0 Å². The third-order valence-electron chi connectivity index (χ3n) is 3.40. The van der Waals surface area contributed by atoms with Gasteiger partial charge in [-0.3, -0.25) is 4.79 Å². The van der Waals surface area contributed by atoms with Gasteiger partial charge >= 0.3 is 0 Å². The van der Waals surface area contributed by atoms with Crippen molar-refractivity contribution in [1.29, 1.82) is 0 Å². The van der Waals surface area contributed by atoms with Crippen molar-refractivity contribution in [2.24, 2.45) is 5.92 Å². The molecule has 1 aromatic heterocycles. The van der Waals surface area contributed by atoms with Crippen LogP contribution in [0.3, 0.4) is 0 Å². The Balaban J connectivity index is 2.48. The molecule has 0 amide bonds. The van der Waals surface area contributed by atoms with E-state index < -0.39 is 0 Å². The summed E-state index contributed by atoms with van der Waals surface area (Å²) >= 11 is 0. The number of benzene rings is 1. The van der Waals surface area contributed by atoms with Crippen LogP contribution in [0.1, 0.15) is 35.3 Å². The van der Waals surface area contributed by atoms with Crippen molar-refractivity contribution >= 4 is 22.3 Å². The van der Waals surface area contributed by atoms with Gasteiger partial charge in [0.1, 0.15) is 11.8 Å². The molecular formula is C15H14O3. The van der Waals surface area contributed by atoms with Gasteiger partial charge in [-0.25, -0.2) is 0 Å². The van der Waals surface area contributed by atoms with Crippen molar-refractivity contribution in [3.63, 3.8) is 0 Å². The maximum Gasteiger partial charge on any atom is 0.231 e. The van der Waals surface area contributed by atoms with E-state index in [1.165, 1.54) is 6.26 Å². The van der Waals surface area contributed by atoms with Crippen LogP contribution in [0.15, 0.2) is 28.6 Å². The maximum absolute atomic E-state index is 12.1. The van der Waals surface area contributed by atoms with Gasteiger partial charge in [-0.15, -0.1) is 0 Å². The van der Waals surface area contributed by atoms with Gasteiger partial charge in [-0.2, -0.15) is 0 Å². The molecule has 0 bridgehead atoms. The first-order chi connectivity index (χ1) is 8.50. The summed E-state index contributed by atoms with van der Waals surface area (Å²) in [6, 6.07) is 3.91. The standard InChI is InChI=1S/C15H14O3/c1-7(2)12-9-4-8(3)5-11-13(9)10(6-18-11)14(16)15(12)17/h4-7,17H,1-3H3. The monoisotopic (exact) mass is 242 g/mol. The summed E-state index contributed by atoms with van der Waals surface area (Å²) in [7, 11) is 0. The molecule has 0 spiro atoms. The fourth-order valence-corrected chi connectivity index (χ4v) is 2.65. The Kier molecular flexibility index (Phi) is 2.14. The molecule has 3 heteroatoms. The Hall–Kier alpha value is -2.03. The highest BCUT2D eigenvalue weighted by Crippen LogP contribution is 2.40. The van der Waals surface area contributed by atoms with Gasteiger partial charge < -0.3 is 9.52 Å². The Bertz CT molecular complexity index is 702. The van der Waals surface area contributed by atoms with E-state index in [1.54, 1.807) is 0 Å². The highest BCUT2D eigenvalue weighted by molar-refractivity contribution is 6.23. The van der Waals surface area contributed by atoms with Gasteiger partial charge in [-0.05, 0) is 30.0 Å². The van der Waals surface area contributed by atoms with Crippen molar-refractivity contribution in [2.75, 3.05) is 0 Å². The molecule has 92 valence electrons. The van der Waals surface area contributed by atoms with Crippen LogP contribution in [-0.2, 0) is 0 Å². The van der Waals surface area contributed by atoms with E-state index in [0.717, 1.165) is 16.5 Å². The summed E-state index contributed by atoms with van der Waals surface area (Å²) in [4.78, 5) is 12.1. The molecule has 3 nitrogen and oxygen atoms in total. The van der Waals surface area contributed by atoms with Crippen LogP contribution < -0.4 is 0 Å². The molecule has 18 heavy (non-hydrogen) atoms. The Morgan fingerprint density at radius 1 is 1.22 bits per heavy atom. The largest absolute Gasteiger partial charge is 0.504 e. The lowest BCUT2D eigenvalue weighted by atomic mass is 9.84. The fourth-order valence-electron chi connectivity index (χ4n) is 2.65. The van der Waals surface area contributed by atoms with Crippen molar-refractivity contribution in [3.8, 4) is 0 Å². The minimum absolute atomic E-state index is 0.0852. The van der Waals surface area contributed by atoms with Gasteiger partial charge in [0.05, 0.1) is 5.56 Å². The van der Waals surface area contributed by atoms with Gasteiger partial charge in [0.25, 0.3) is 0 Å². The third-order valence-corrected chi connectivity index (χ3v) is 3.40. The Labute approximate surface area is 105 Å². The lowest BCUT2D eigenvalue weighted by Crippen LogP contribution is -2.13. The number of allylic oxidation sites excluding steroid dienone is 2. The van der Waals surface area contributed by atoms with Crippen LogP contribution in [0.25, 0.3) is 16.5 Å². The molecule has 0 radical (unpaired) electrons. The topological polar surface area (TPSA) is 50.4 Å². The minimum Gasteiger partial charge on any atom is -0.504 e. The number of aryl methyl sites for hydroxylation is 1. The summed E-state index contributed by atoms with van der Waals surface area (Å²) in [6.07, 6.45) is 1.43.